The number of likely N-dealkylation sites (tertiary alicyclic amines) is 1. The molecule has 18 heavy (non-hydrogen) atoms. The van der Waals surface area contributed by atoms with E-state index in [-0.39, 0.29) is 5.92 Å². The van der Waals surface area contributed by atoms with Crippen LogP contribution in [0.25, 0.3) is 0 Å². The Hall–Kier alpha value is -0.870. The fraction of sp³-hybridized carbons (Fsp3) is 0.786. The lowest BCUT2D eigenvalue weighted by atomic mass is 10.0. The molecule has 1 saturated heterocycles. The average molecular weight is 252 g/mol. The summed E-state index contributed by atoms with van der Waals surface area (Å²) in [5.74, 6) is 0.542. The van der Waals surface area contributed by atoms with Crippen LogP contribution in [0.5, 0.6) is 0 Å². The van der Waals surface area contributed by atoms with Gasteiger partial charge in [0.1, 0.15) is 0 Å². The zero-order valence-electron chi connectivity index (χ0n) is 11.0. The fourth-order valence-electron chi connectivity index (χ4n) is 2.65. The second kappa shape index (κ2) is 6.90. The third-order valence-electron chi connectivity index (χ3n) is 3.81. The van der Waals surface area contributed by atoms with Gasteiger partial charge in [0.05, 0.1) is 6.10 Å². The van der Waals surface area contributed by atoms with Crippen molar-refractivity contribution in [2.45, 2.75) is 38.2 Å². The first-order valence-electron chi connectivity index (χ1n) is 7.06. The summed E-state index contributed by atoms with van der Waals surface area (Å²) in [6, 6.07) is 0. The Balaban J connectivity index is 1.68. The van der Waals surface area contributed by atoms with Crippen molar-refractivity contribution in [1.82, 2.24) is 4.90 Å². The molecule has 0 spiro atoms. The maximum Gasteiger partial charge on any atom is 0.226 e. The molecule has 2 N–H and O–H groups in total. The van der Waals surface area contributed by atoms with Crippen LogP contribution in [0.15, 0.2) is 12.2 Å². The summed E-state index contributed by atoms with van der Waals surface area (Å²) in [4.78, 5) is 14.2. The van der Waals surface area contributed by atoms with Gasteiger partial charge >= 0.3 is 0 Å². The molecule has 0 aromatic carbocycles. The van der Waals surface area contributed by atoms with Crippen LogP contribution in [-0.2, 0) is 9.53 Å². The number of nitrogens with zero attached hydrogens (tertiary/aromatic N) is 1. The minimum atomic E-state index is 0.208. The van der Waals surface area contributed by atoms with E-state index in [2.05, 4.69) is 12.2 Å². The van der Waals surface area contributed by atoms with Gasteiger partial charge in [0.2, 0.25) is 5.91 Å². The van der Waals surface area contributed by atoms with Crippen molar-refractivity contribution in [3.8, 4) is 0 Å². The monoisotopic (exact) mass is 252 g/mol. The van der Waals surface area contributed by atoms with Crippen molar-refractivity contribution >= 4 is 5.91 Å². The molecule has 0 aromatic rings. The summed E-state index contributed by atoms with van der Waals surface area (Å²) in [5.41, 5.74) is 5.44. The van der Waals surface area contributed by atoms with Gasteiger partial charge in [0.15, 0.2) is 0 Å². The maximum atomic E-state index is 12.2. The van der Waals surface area contributed by atoms with Crippen LogP contribution >= 0.6 is 0 Å². The highest BCUT2D eigenvalue weighted by Crippen LogP contribution is 2.23. The van der Waals surface area contributed by atoms with Gasteiger partial charge in [0, 0.05) is 25.6 Å². The first-order chi connectivity index (χ1) is 8.81. The van der Waals surface area contributed by atoms with Crippen LogP contribution in [0.4, 0.5) is 0 Å². The number of carbonyl (C=O) groups excluding carboxylic acids is 1. The number of piperidine rings is 1. The van der Waals surface area contributed by atoms with Crippen LogP contribution in [0, 0.1) is 5.92 Å². The molecule has 4 heteroatoms. The van der Waals surface area contributed by atoms with E-state index in [1.807, 2.05) is 4.90 Å². The Morgan fingerprint density at radius 3 is 2.56 bits per heavy atom. The zero-order valence-corrected chi connectivity index (χ0v) is 11.0. The topological polar surface area (TPSA) is 55.6 Å². The van der Waals surface area contributed by atoms with Crippen molar-refractivity contribution in [3.05, 3.63) is 12.2 Å². The van der Waals surface area contributed by atoms with Gasteiger partial charge in [-0.15, -0.1) is 0 Å². The molecule has 0 aromatic heterocycles. The number of allylic oxidation sites excluding steroid dienone is 2. The molecule has 0 saturated carbocycles. The van der Waals surface area contributed by atoms with Gasteiger partial charge in [-0.2, -0.15) is 0 Å². The third-order valence-corrected chi connectivity index (χ3v) is 3.81. The number of carbonyl (C=O) groups is 1. The zero-order chi connectivity index (χ0) is 12.8. The Morgan fingerprint density at radius 2 is 1.94 bits per heavy atom. The van der Waals surface area contributed by atoms with Gasteiger partial charge < -0.3 is 15.4 Å². The number of ether oxygens (including phenoxy) is 1. The van der Waals surface area contributed by atoms with Crippen molar-refractivity contribution in [2.24, 2.45) is 11.7 Å². The van der Waals surface area contributed by atoms with Crippen LogP contribution in [0.2, 0.25) is 0 Å². The van der Waals surface area contributed by atoms with E-state index in [4.69, 9.17) is 10.5 Å². The number of rotatable bonds is 5. The molecule has 0 radical (unpaired) electrons. The predicted octanol–water partition coefficient (Wildman–Crippen LogP) is 1.31. The molecule has 1 amide bonds. The lowest BCUT2D eigenvalue weighted by Crippen LogP contribution is -2.43. The molecule has 1 aliphatic carbocycles. The molecule has 2 aliphatic rings. The van der Waals surface area contributed by atoms with E-state index in [0.29, 0.717) is 18.6 Å². The summed E-state index contributed by atoms with van der Waals surface area (Å²) in [5, 5.41) is 0. The molecule has 102 valence electrons. The van der Waals surface area contributed by atoms with Gasteiger partial charge in [-0.05, 0) is 38.6 Å². The van der Waals surface area contributed by atoms with Crippen molar-refractivity contribution in [2.75, 3.05) is 26.2 Å². The lowest BCUT2D eigenvalue weighted by Gasteiger charge is -2.33. The Morgan fingerprint density at radius 1 is 1.28 bits per heavy atom. The summed E-state index contributed by atoms with van der Waals surface area (Å²) in [7, 11) is 0. The SMILES string of the molecule is NCCCOC1CCN(C(=O)C2CC=CC2)CC1. The summed E-state index contributed by atoms with van der Waals surface area (Å²) in [6.45, 7) is 3.14. The smallest absolute Gasteiger partial charge is 0.226 e. The largest absolute Gasteiger partial charge is 0.378 e. The van der Waals surface area contributed by atoms with E-state index in [1.165, 1.54) is 0 Å². The van der Waals surface area contributed by atoms with E-state index in [9.17, 15) is 4.79 Å². The fourth-order valence-corrected chi connectivity index (χ4v) is 2.65. The van der Waals surface area contributed by atoms with E-state index in [0.717, 1.165) is 51.8 Å². The Kier molecular flexibility index (Phi) is 5.20. The number of hydrogen-bond acceptors (Lipinski definition) is 3. The summed E-state index contributed by atoms with van der Waals surface area (Å²) in [6.07, 6.45) is 9.26. The lowest BCUT2D eigenvalue weighted by molar-refractivity contribution is -0.137. The Labute approximate surface area is 109 Å². The normalized spacial score (nSPS) is 21.7. The minimum absolute atomic E-state index is 0.208. The van der Waals surface area contributed by atoms with Gasteiger partial charge in [-0.3, -0.25) is 4.79 Å². The quantitative estimate of drug-likeness (QED) is 0.593. The molecule has 4 nitrogen and oxygen atoms in total. The highest BCUT2D eigenvalue weighted by molar-refractivity contribution is 5.79. The van der Waals surface area contributed by atoms with E-state index in [1.54, 1.807) is 0 Å². The van der Waals surface area contributed by atoms with Crippen molar-refractivity contribution in [1.29, 1.82) is 0 Å². The van der Waals surface area contributed by atoms with Crippen LogP contribution in [0.3, 0.4) is 0 Å². The number of nitrogens with two attached hydrogens (primary N) is 1. The summed E-state index contributed by atoms with van der Waals surface area (Å²) >= 11 is 0. The van der Waals surface area contributed by atoms with Crippen LogP contribution < -0.4 is 5.73 Å². The van der Waals surface area contributed by atoms with Gasteiger partial charge in [-0.25, -0.2) is 0 Å². The third kappa shape index (κ3) is 3.56. The maximum absolute atomic E-state index is 12.2. The van der Waals surface area contributed by atoms with Crippen molar-refractivity contribution < 1.29 is 9.53 Å². The first-order valence-corrected chi connectivity index (χ1v) is 7.06. The van der Waals surface area contributed by atoms with E-state index < -0.39 is 0 Å². The molecule has 0 unspecified atom stereocenters. The predicted molar refractivity (Wildman–Crippen MR) is 71.1 cm³/mol. The molecular formula is C14H24N2O2. The first kappa shape index (κ1) is 13.6. The van der Waals surface area contributed by atoms with E-state index >= 15 is 0 Å². The summed E-state index contributed by atoms with van der Waals surface area (Å²) < 4.78 is 5.75. The molecule has 0 atom stereocenters. The number of hydrogen-bond donors (Lipinski definition) is 1. The minimum Gasteiger partial charge on any atom is -0.378 e. The van der Waals surface area contributed by atoms with Crippen molar-refractivity contribution in [3.63, 3.8) is 0 Å². The standard InChI is InChI=1S/C14H24N2O2/c15-8-3-11-18-13-6-9-16(10-7-13)14(17)12-4-1-2-5-12/h1-2,12-13H,3-11,15H2. The molecule has 1 aliphatic heterocycles. The second-order valence-electron chi connectivity index (χ2n) is 5.18. The van der Waals surface area contributed by atoms with Crippen LogP contribution in [0.1, 0.15) is 32.1 Å². The molecule has 0 bridgehead atoms. The Bertz CT molecular complexity index is 288. The van der Waals surface area contributed by atoms with Crippen LogP contribution in [-0.4, -0.2) is 43.2 Å². The highest BCUT2D eigenvalue weighted by Gasteiger charge is 2.28. The number of amides is 1. The average Bonchev–Trinajstić information content (AvgIpc) is 2.93. The second-order valence-corrected chi connectivity index (χ2v) is 5.18. The highest BCUT2D eigenvalue weighted by atomic mass is 16.5. The molecule has 1 heterocycles. The molecule has 2 rings (SSSR count). The molecular weight excluding hydrogens is 228 g/mol. The molecule has 1 fully saturated rings. The van der Waals surface area contributed by atoms with Gasteiger partial charge in [-0.1, -0.05) is 12.2 Å². The van der Waals surface area contributed by atoms with Gasteiger partial charge in [0.25, 0.3) is 0 Å².